The second-order valence-corrected chi connectivity index (χ2v) is 13.4. The van der Waals surface area contributed by atoms with Crippen LogP contribution in [-0.4, -0.2) is 65.4 Å². The summed E-state index contributed by atoms with van der Waals surface area (Å²) < 4.78 is 16.7. The van der Waals surface area contributed by atoms with Crippen molar-refractivity contribution in [2.24, 2.45) is 28.6 Å². The van der Waals surface area contributed by atoms with Crippen LogP contribution in [0.1, 0.15) is 64.4 Å². The van der Waals surface area contributed by atoms with E-state index in [-0.39, 0.29) is 48.9 Å². The smallest absolute Gasteiger partial charge is 0.310 e. The van der Waals surface area contributed by atoms with Crippen LogP contribution in [0.25, 0.3) is 0 Å². The van der Waals surface area contributed by atoms with Crippen molar-refractivity contribution in [3.05, 3.63) is 53.6 Å². The van der Waals surface area contributed by atoms with Gasteiger partial charge in [-0.1, -0.05) is 37.6 Å². The lowest BCUT2D eigenvalue weighted by Gasteiger charge is -2.59. The Balaban J connectivity index is 1.08. The molecule has 1 saturated heterocycles. The minimum absolute atomic E-state index is 0.00999. The van der Waals surface area contributed by atoms with E-state index in [0.29, 0.717) is 19.6 Å². The largest absolute Gasteiger partial charge is 0.490 e. The average molecular weight is 579 g/mol. The van der Waals surface area contributed by atoms with Crippen LogP contribution >= 0.6 is 0 Å². The third-order valence-corrected chi connectivity index (χ3v) is 11.2. The molecule has 5 aliphatic rings. The zero-order valence-electron chi connectivity index (χ0n) is 24.6. The minimum atomic E-state index is -1.68. The average Bonchev–Trinajstić information content (AvgIpc) is 3.24. The van der Waals surface area contributed by atoms with E-state index < -0.39 is 40.9 Å². The Morgan fingerprint density at radius 2 is 1.81 bits per heavy atom. The molecule has 8 heteroatoms. The predicted octanol–water partition coefficient (Wildman–Crippen LogP) is 3.91. The molecule has 4 aliphatic carbocycles. The van der Waals surface area contributed by atoms with Gasteiger partial charge in [0.25, 0.3) is 0 Å². The number of rotatable bonds is 7. The molecular formula is C34H42O8. The zero-order valence-corrected chi connectivity index (χ0v) is 24.6. The Kier molecular flexibility index (Phi) is 7.69. The van der Waals surface area contributed by atoms with E-state index in [9.17, 15) is 24.6 Å². The number of carbonyl (C=O) groups is 3. The third kappa shape index (κ3) is 4.95. The minimum Gasteiger partial charge on any atom is -0.490 e. The molecule has 42 heavy (non-hydrogen) atoms. The number of allylic oxidation sites excluding steroid dienone is 4. The second kappa shape index (κ2) is 11.0. The molecule has 5 unspecified atom stereocenters. The van der Waals surface area contributed by atoms with Crippen LogP contribution in [0.2, 0.25) is 0 Å². The molecule has 0 spiro atoms. The van der Waals surface area contributed by atoms with Crippen LogP contribution in [0.4, 0.5) is 0 Å². The monoisotopic (exact) mass is 578 g/mol. The number of ether oxygens (including phenoxy) is 3. The van der Waals surface area contributed by atoms with Gasteiger partial charge in [0.05, 0.1) is 25.7 Å². The van der Waals surface area contributed by atoms with Crippen LogP contribution in [-0.2, 0) is 30.3 Å². The van der Waals surface area contributed by atoms with Crippen LogP contribution in [0.3, 0.4) is 0 Å². The standard InChI is InChI=1S/C34H42O8/c1-32-13-9-23(35)18-22(32)5-8-26-27-10-14-34(39,33(27,2)19-28(36)31(26)32)29(37)20-41-30(38)17-21-3-6-24(7-4-21)42-25-11-15-40-16-12-25/h3-4,6-7,9,13,18,25-28,31,36,39H,5,8,10-12,14-17,19-20H2,1-2H3/t26?,27?,28-,31?,32?,33?,34-/m0/s1. The van der Waals surface area contributed by atoms with Crippen molar-refractivity contribution < 1.29 is 38.8 Å². The van der Waals surface area contributed by atoms with E-state index >= 15 is 0 Å². The number of ketones is 2. The van der Waals surface area contributed by atoms with Crippen LogP contribution in [0, 0.1) is 28.6 Å². The van der Waals surface area contributed by atoms with Gasteiger partial charge < -0.3 is 24.4 Å². The molecule has 0 amide bonds. The highest BCUT2D eigenvalue weighted by atomic mass is 16.5. The van der Waals surface area contributed by atoms with Gasteiger partial charge in [0.2, 0.25) is 5.78 Å². The summed E-state index contributed by atoms with van der Waals surface area (Å²) in [7, 11) is 0. The highest BCUT2D eigenvalue weighted by Crippen LogP contribution is 2.67. The molecule has 3 saturated carbocycles. The number of Topliss-reactive ketones (excluding diaryl/α,β-unsaturated/α-hetero) is 1. The van der Waals surface area contributed by atoms with Crippen molar-refractivity contribution in [3.63, 3.8) is 0 Å². The second-order valence-electron chi connectivity index (χ2n) is 13.4. The molecule has 1 aliphatic heterocycles. The maximum Gasteiger partial charge on any atom is 0.310 e. The summed E-state index contributed by atoms with van der Waals surface area (Å²) in [4.78, 5) is 38.2. The Morgan fingerprint density at radius 3 is 2.55 bits per heavy atom. The number of carbonyl (C=O) groups excluding carboxylic acids is 3. The lowest BCUT2D eigenvalue weighted by Crippen LogP contribution is -2.61. The van der Waals surface area contributed by atoms with E-state index in [2.05, 4.69) is 6.92 Å². The number of aliphatic hydroxyl groups excluding tert-OH is 1. The molecule has 0 radical (unpaired) electrons. The van der Waals surface area contributed by atoms with Crippen LogP contribution < -0.4 is 4.74 Å². The number of fused-ring (bicyclic) bond motifs is 5. The molecule has 6 rings (SSSR count). The highest BCUT2D eigenvalue weighted by Gasteiger charge is 2.68. The Hall–Kier alpha value is -2.81. The fraction of sp³-hybridized carbons (Fsp3) is 0.618. The number of hydrogen-bond acceptors (Lipinski definition) is 8. The van der Waals surface area contributed by atoms with Crippen LogP contribution in [0.15, 0.2) is 48.1 Å². The summed E-state index contributed by atoms with van der Waals surface area (Å²) in [6, 6.07) is 7.30. The lowest BCUT2D eigenvalue weighted by atomic mass is 9.46. The normalized spacial score (nSPS) is 37.7. The predicted molar refractivity (Wildman–Crippen MR) is 154 cm³/mol. The Bertz CT molecular complexity index is 1290. The zero-order chi connectivity index (χ0) is 29.7. The van der Waals surface area contributed by atoms with Gasteiger partial charge in [-0.25, -0.2) is 0 Å². The van der Waals surface area contributed by atoms with Crippen molar-refractivity contribution in [1.29, 1.82) is 0 Å². The molecule has 226 valence electrons. The third-order valence-electron chi connectivity index (χ3n) is 11.2. The molecule has 0 aromatic heterocycles. The summed E-state index contributed by atoms with van der Waals surface area (Å²) in [6.45, 7) is 4.91. The summed E-state index contributed by atoms with van der Waals surface area (Å²) in [5, 5.41) is 23.4. The number of aliphatic hydroxyl groups is 2. The molecule has 0 bridgehead atoms. The van der Waals surface area contributed by atoms with Gasteiger partial charge in [-0.3, -0.25) is 14.4 Å². The molecule has 7 atom stereocenters. The van der Waals surface area contributed by atoms with Gasteiger partial charge in [-0.15, -0.1) is 0 Å². The van der Waals surface area contributed by atoms with E-state index in [0.717, 1.165) is 42.6 Å². The molecule has 1 heterocycles. The molecule has 1 aromatic rings. The van der Waals surface area contributed by atoms with Gasteiger partial charge in [0.15, 0.2) is 12.4 Å². The number of esters is 1. The van der Waals surface area contributed by atoms with E-state index in [1.54, 1.807) is 12.2 Å². The first-order valence-electron chi connectivity index (χ1n) is 15.4. The summed E-state index contributed by atoms with van der Waals surface area (Å²) >= 11 is 0. The Morgan fingerprint density at radius 1 is 1.07 bits per heavy atom. The topological polar surface area (TPSA) is 119 Å². The Labute approximate surface area is 247 Å². The van der Waals surface area contributed by atoms with Gasteiger partial charge in [-0.2, -0.15) is 0 Å². The molecular weight excluding hydrogens is 536 g/mol. The van der Waals surface area contributed by atoms with Crippen molar-refractivity contribution in [2.45, 2.75) is 83.0 Å². The van der Waals surface area contributed by atoms with Gasteiger partial charge >= 0.3 is 5.97 Å². The molecule has 1 aromatic carbocycles. The summed E-state index contributed by atoms with van der Waals surface area (Å²) in [6.07, 6.45) is 9.18. The first-order chi connectivity index (χ1) is 20.0. The van der Waals surface area contributed by atoms with Crippen molar-refractivity contribution in [1.82, 2.24) is 0 Å². The summed E-state index contributed by atoms with van der Waals surface area (Å²) in [5.74, 6) is -0.233. The number of hydrogen-bond donors (Lipinski definition) is 2. The molecule has 2 N–H and O–H groups in total. The number of benzene rings is 1. The van der Waals surface area contributed by atoms with Crippen LogP contribution in [0.5, 0.6) is 5.75 Å². The van der Waals surface area contributed by atoms with Gasteiger partial charge in [0, 0.05) is 29.6 Å². The SMILES string of the molecule is CC12C=CC(=O)C=C1CCC1C2[C@@H](O)CC2(C)C1CC[C@]2(O)C(=O)COC(=O)Cc1ccc(OC2CCOCC2)cc1. The lowest BCUT2D eigenvalue weighted by molar-refractivity contribution is -0.181. The van der Waals surface area contributed by atoms with E-state index in [1.807, 2.05) is 37.3 Å². The van der Waals surface area contributed by atoms with E-state index in [4.69, 9.17) is 14.2 Å². The highest BCUT2D eigenvalue weighted by molar-refractivity contribution is 6.01. The fourth-order valence-electron chi connectivity index (χ4n) is 8.94. The van der Waals surface area contributed by atoms with Gasteiger partial charge in [-0.05, 0) is 73.8 Å². The first kappa shape index (κ1) is 29.3. The maximum absolute atomic E-state index is 13.5. The quantitative estimate of drug-likeness (QED) is 0.468. The maximum atomic E-state index is 13.5. The summed E-state index contributed by atoms with van der Waals surface area (Å²) in [5.41, 5.74) is -1.10. The van der Waals surface area contributed by atoms with Crippen molar-refractivity contribution >= 4 is 17.5 Å². The van der Waals surface area contributed by atoms with E-state index in [1.165, 1.54) is 0 Å². The van der Waals surface area contributed by atoms with Gasteiger partial charge in [0.1, 0.15) is 17.5 Å². The van der Waals surface area contributed by atoms with Crippen molar-refractivity contribution in [3.8, 4) is 5.75 Å². The van der Waals surface area contributed by atoms with Crippen molar-refractivity contribution in [2.75, 3.05) is 19.8 Å². The molecule has 4 fully saturated rings. The fourth-order valence-corrected chi connectivity index (χ4v) is 8.94. The molecule has 8 nitrogen and oxygen atoms in total. The first-order valence-corrected chi connectivity index (χ1v) is 15.4.